The van der Waals surface area contributed by atoms with Gasteiger partial charge in [0.15, 0.2) is 0 Å². The lowest BCUT2D eigenvalue weighted by Crippen LogP contribution is -2.27. The average molecular weight is 336 g/mol. The van der Waals surface area contributed by atoms with Crippen LogP contribution in [0.5, 0.6) is 0 Å². The second kappa shape index (κ2) is 7.41. The van der Waals surface area contributed by atoms with Gasteiger partial charge in [0.1, 0.15) is 9.84 Å². The molecule has 124 valence electrons. The van der Waals surface area contributed by atoms with Gasteiger partial charge in [-0.3, -0.25) is 9.59 Å². The summed E-state index contributed by atoms with van der Waals surface area (Å²) in [6.45, 7) is 0.842. The Bertz CT molecular complexity index is 708. The van der Waals surface area contributed by atoms with E-state index in [2.05, 4.69) is 5.32 Å². The van der Waals surface area contributed by atoms with Crippen molar-refractivity contribution in [3.8, 4) is 0 Å². The van der Waals surface area contributed by atoms with Gasteiger partial charge in [-0.2, -0.15) is 0 Å². The molecule has 1 saturated heterocycles. The molecule has 0 aromatic heterocycles. The van der Waals surface area contributed by atoms with Crippen molar-refractivity contribution < 1.29 is 18.0 Å². The summed E-state index contributed by atoms with van der Waals surface area (Å²) in [5.74, 6) is -0.281. The molecule has 1 aromatic carbocycles. The summed E-state index contributed by atoms with van der Waals surface area (Å²) in [6, 6.07) is 7.37. The highest BCUT2D eigenvalue weighted by Gasteiger charge is 2.21. The smallest absolute Gasteiger partial charge is 0.244 e. The van der Waals surface area contributed by atoms with Crippen LogP contribution in [0.15, 0.2) is 30.3 Å². The largest absolute Gasteiger partial charge is 0.352 e. The zero-order valence-corrected chi connectivity index (χ0v) is 13.8. The molecular weight excluding hydrogens is 316 g/mol. The van der Waals surface area contributed by atoms with E-state index in [1.54, 1.807) is 11.0 Å². The van der Waals surface area contributed by atoms with Crippen molar-refractivity contribution in [3.63, 3.8) is 0 Å². The minimum absolute atomic E-state index is 0.0782. The molecule has 1 N–H and O–H groups in total. The summed E-state index contributed by atoms with van der Waals surface area (Å²) in [5, 5.41) is 2.51. The lowest BCUT2D eigenvalue weighted by Gasteiger charge is -2.15. The predicted molar refractivity (Wildman–Crippen MR) is 89.8 cm³/mol. The lowest BCUT2D eigenvalue weighted by molar-refractivity contribution is -0.117. The van der Waals surface area contributed by atoms with Crippen LogP contribution in [0.25, 0.3) is 6.08 Å². The highest BCUT2D eigenvalue weighted by Crippen LogP contribution is 2.21. The highest BCUT2D eigenvalue weighted by molar-refractivity contribution is 7.90. The van der Waals surface area contributed by atoms with Gasteiger partial charge in [0.05, 0.1) is 5.75 Å². The zero-order chi connectivity index (χ0) is 16.9. The van der Waals surface area contributed by atoms with Crippen LogP contribution in [0.2, 0.25) is 0 Å². The summed E-state index contributed by atoms with van der Waals surface area (Å²) in [7, 11) is -3.08. The van der Waals surface area contributed by atoms with Gasteiger partial charge in [0.2, 0.25) is 11.8 Å². The first-order valence-corrected chi connectivity index (χ1v) is 9.45. The monoisotopic (exact) mass is 336 g/mol. The zero-order valence-electron chi connectivity index (χ0n) is 13.0. The molecule has 0 bridgehead atoms. The van der Waals surface area contributed by atoms with Gasteiger partial charge in [-0.05, 0) is 30.2 Å². The van der Waals surface area contributed by atoms with E-state index in [0.29, 0.717) is 6.42 Å². The Morgan fingerprint density at radius 2 is 2.00 bits per heavy atom. The van der Waals surface area contributed by atoms with E-state index in [1.807, 2.05) is 24.3 Å². The fraction of sp³-hybridized carbons (Fsp3) is 0.375. The quantitative estimate of drug-likeness (QED) is 0.785. The van der Waals surface area contributed by atoms with E-state index >= 15 is 0 Å². The molecule has 2 amide bonds. The Kier molecular flexibility index (Phi) is 5.54. The maximum Gasteiger partial charge on any atom is 0.244 e. The molecule has 0 unspecified atom stereocenters. The molecule has 0 atom stereocenters. The molecule has 0 saturated carbocycles. The van der Waals surface area contributed by atoms with Crippen LogP contribution >= 0.6 is 0 Å². The Balaban J connectivity index is 1.87. The third kappa shape index (κ3) is 5.52. The molecule has 1 aliphatic heterocycles. The van der Waals surface area contributed by atoms with Gasteiger partial charge in [0, 0.05) is 37.5 Å². The number of carbonyl (C=O) groups is 2. The molecule has 2 rings (SSSR count). The second-order valence-corrected chi connectivity index (χ2v) is 7.75. The van der Waals surface area contributed by atoms with Crippen molar-refractivity contribution in [2.75, 3.05) is 30.0 Å². The molecule has 0 spiro atoms. The summed E-state index contributed by atoms with van der Waals surface area (Å²) in [5.41, 5.74) is 1.70. The Morgan fingerprint density at radius 3 is 2.57 bits per heavy atom. The standard InChI is InChI=1S/C16H20N2O4S/c1-23(21,22)12-10-17-15(19)9-6-13-4-7-14(8-5-13)18-11-2-3-16(18)20/h4-9H,2-3,10-12H2,1H3,(H,17,19). The van der Waals surface area contributed by atoms with Crippen LogP contribution in [-0.4, -0.2) is 45.3 Å². The van der Waals surface area contributed by atoms with E-state index in [0.717, 1.165) is 30.5 Å². The summed E-state index contributed by atoms with van der Waals surface area (Å²) < 4.78 is 21.9. The minimum Gasteiger partial charge on any atom is -0.352 e. The SMILES string of the molecule is CS(=O)(=O)CCNC(=O)C=Cc1ccc(N2CCCC2=O)cc1. The molecule has 0 aliphatic carbocycles. The number of hydrogen-bond donors (Lipinski definition) is 1. The van der Waals surface area contributed by atoms with Crippen molar-refractivity contribution in [1.29, 1.82) is 0 Å². The van der Waals surface area contributed by atoms with E-state index in [4.69, 9.17) is 0 Å². The number of sulfone groups is 1. The molecule has 1 aliphatic rings. The third-order valence-corrected chi connectivity index (χ3v) is 4.42. The molecule has 0 radical (unpaired) electrons. The Morgan fingerprint density at radius 1 is 1.30 bits per heavy atom. The Hall–Kier alpha value is -2.15. The fourth-order valence-corrected chi connectivity index (χ4v) is 2.75. The first-order chi connectivity index (χ1) is 10.8. The molecule has 1 heterocycles. The first kappa shape index (κ1) is 17.2. The topological polar surface area (TPSA) is 83.6 Å². The summed E-state index contributed by atoms with van der Waals surface area (Å²) >= 11 is 0. The minimum atomic E-state index is -3.08. The second-order valence-electron chi connectivity index (χ2n) is 5.49. The molecule has 1 aromatic rings. The van der Waals surface area contributed by atoms with Crippen LogP contribution in [0.4, 0.5) is 5.69 Å². The van der Waals surface area contributed by atoms with Crippen molar-refractivity contribution in [1.82, 2.24) is 5.32 Å². The number of benzene rings is 1. The van der Waals surface area contributed by atoms with E-state index in [9.17, 15) is 18.0 Å². The maximum atomic E-state index is 11.7. The van der Waals surface area contributed by atoms with Gasteiger partial charge >= 0.3 is 0 Å². The lowest BCUT2D eigenvalue weighted by atomic mass is 10.2. The highest BCUT2D eigenvalue weighted by atomic mass is 32.2. The molecule has 23 heavy (non-hydrogen) atoms. The van der Waals surface area contributed by atoms with Crippen molar-refractivity contribution >= 4 is 33.4 Å². The molecule has 6 nitrogen and oxygen atoms in total. The number of rotatable bonds is 6. The fourth-order valence-electron chi connectivity index (χ4n) is 2.28. The summed E-state index contributed by atoms with van der Waals surface area (Å²) in [4.78, 5) is 25.0. The van der Waals surface area contributed by atoms with Gasteiger partial charge < -0.3 is 10.2 Å². The maximum absolute atomic E-state index is 11.7. The van der Waals surface area contributed by atoms with Gasteiger partial charge in [0.25, 0.3) is 0 Å². The number of amides is 2. The van der Waals surface area contributed by atoms with E-state index in [1.165, 1.54) is 6.08 Å². The number of hydrogen-bond acceptors (Lipinski definition) is 4. The number of nitrogens with one attached hydrogen (secondary N) is 1. The number of carbonyl (C=O) groups excluding carboxylic acids is 2. The van der Waals surface area contributed by atoms with Crippen LogP contribution in [0.3, 0.4) is 0 Å². The van der Waals surface area contributed by atoms with E-state index < -0.39 is 9.84 Å². The van der Waals surface area contributed by atoms with Crippen LogP contribution in [0, 0.1) is 0 Å². The average Bonchev–Trinajstić information content (AvgIpc) is 2.90. The predicted octanol–water partition coefficient (Wildman–Crippen LogP) is 0.987. The van der Waals surface area contributed by atoms with Gasteiger partial charge in [-0.1, -0.05) is 12.1 Å². The summed E-state index contributed by atoms with van der Waals surface area (Å²) in [6.07, 6.45) is 5.61. The number of nitrogens with zero attached hydrogens (tertiary/aromatic N) is 1. The van der Waals surface area contributed by atoms with Crippen molar-refractivity contribution in [2.45, 2.75) is 12.8 Å². The van der Waals surface area contributed by atoms with Gasteiger partial charge in [-0.15, -0.1) is 0 Å². The van der Waals surface area contributed by atoms with Crippen LogP contribution in [-0.2, 0) is 19.4 Å². The normalized spacial score (nSPS) is 15.3. The number of anilines is 1. The molecule has 7 heteroatoms. The van der Waals surface area contributed by atoms with E-state index in [-0.39, 0.29) is 24.1 Å². The first-order valence-electron chi connectivity index (χ1n) is 7.39. The molecular formula is C16H20N2O4S. The van der Waals surface area contributed by atoms with Crippen molar-refractivity contribution in [3.05, 3.63) is 35.9 Å². The van der Waals surface area contributed by atoms with Gasteiger partial charge in [-0.25, -0.2) is 8.42 Å². The third-order valence-electron chi connectivity index (χ3n) is 3.48. The van der Waals surface area contributed by atoms with Crippen LogP contribution < -0.4 is 10.2 Å². The molecule has 1 fully saturated rings. The van der Waals surface area contributed by atoms with Crippen LogP contribution in [0.1, 0.15) is 18.4 Å². The van der Waals surface area contributed by atoms with Crippen molar-refractivity contribution in [2.24, 2.45) is 0 Å². The Labute approximate surface area is 136 Å².